The van der Waals surface area contributed by atoms with E-state index in [4.69, 9.17) is 0 Å². The van der Waals surface area contributed by atoms with E-state index in [1.54, 1.807) is 0 Å². The second kappa shape index (κ2) is 2.96. The van der Waals surface area contributed by atoms with Gasteiger partial charge in [0.1, 0.15) is 0 Å². The van der Waals surface area contributed by atoms with Crippen LogP contribution in [0.4, 0.5) is 0 Å². The summed E-state index contributed by atoms with van der Waals surface area (Å²) in [6, 6.07) is 4.14. The molecule has 0 saturated carbocycles. The molecule has 2 aromatic heterocycles. The monoisotopic (exact) mass is 198 g/mol. The highest BCUT2D eigenvalue weighted by Crippen LogP contribution is 2.35. The van der Waals surface area contributed by atoms with Crippen molar-refractivity contribution >= 4 is 17.1 Å². The molecule has 1 atom stereocenters. The average Bonchev–Trinajstić information content (AvgIpc) is 2.55. The van der Waals surface area contributed by atoms with Gasteiger partial charge in [0.2, 0.25) is 0 Å². The summed E-state index contributed by atoms with van der Waals surface area (Å²) in [4.78, 5) is 4.48. The first-order valence-electron chi connectivity index (χ1n) is 5.39. The Bertz CT molecular complexity index is 549. The van der Waals surface area contributed by atoms with E-state index in [0.29, 0.717) is 5.92 Å². The number of aryl methyl sites for hydroxylation is 1. The summed E-state index contributed by atoms with van der Waals surface area (Å²) in [5.74, 6) is 0.601. The molecule has 15 heavy (non-hydrogen) atoms. The van der Waals surface area contributed by atoms with Crippen LogP contribution in [0.2, 0.25) is 0 Å². The number of fused-ring (bicyclic) bond motifs is 3. The normalized spacial score (nSPS) is 19.5. The van der Waals surface area contributed by atoms with Gasteiger partial charge in [-0.2, -0.15) is 0 Å². The van der Waals surface area contributed by atoms with Crippen LogP contribution in [0, 0.1) is 0 Å². The first-order chi connectivity index (χ1) is 7.29. The predicted molar refractivity (Wildman–Crippen MR) is 62.8 cm³/mol. The van der Waals surface area contributed by atoms with Gasteiger partial charge in [0.05, 0.1) is 11.0 Å². The van der Waals surface area contributed by atoms with Gasteiger partial charge in [-0.25, -0.2) is 0 Å². The lowest BCUT2D eigenvalue weighted by Crippen LogP contribution is -2.04. The van der Waals surface area contributed by atoms with Crippen molar-refractivity contribution in [3.05, 3.63) is 35.7 Å². The Balaban J connectivity index is 2.46. The minimum absolute atomic E-state index is 0.601. The summed E-state index contributed by atoms with van der Waals surface area (Å²) in [6.07, 6.45) is 7.47. The van der Waals surface area contributed by atoms with E-state index in [2.05, 4.69) is 41.7 Å². The van der Waals surface area contributed by atoms with E-state index in [-0.39, 0.29) is 0 Å². The molecule has 1 aliphatic carbocycles. The van der Waals surface area contributed by atoms with Crippen molar-refractivity contribution in [1.82, 2.24) is 9.55 Å². The lowest BCUT2D eigenvalue weighted by molar-refractivity contribution is 0.697. The summed E-state index contributed by atoms with van der Waals surface area (Å²) < 4.78 is 2.28. The molecule has 2 aromatic rings. The Hall–Kier alpha value is -1.57. The molecular weight excluding hydrogens is 184 g/mol. The third kappa shape index (κ3) is 1.08. The van der Waals surface area contributed by atoms with Crippen LogP contribution in [0.5, 0.6) is 0 Å². The van der Waals surface area contributed by atoms with E-state index in [1.165, 1.54) is 16.8 Å². The van der Waals surface area contributed by atoms with Crippen molar-refractivity contribution in [1.29, 1.82) is 0 Å². The third-order valence-corrected chi connectivity index (χ3v) is 3.28. The number of aromatic nitrogens is 2. The van der Waals surface area contributed by atoms with Gasteiger partial charge in [-0.15, -0.1) is 0 Å². The maximum absolute atomic E-state index is 4.48. The fraction of sp³-hybridized carbons (Fsp3) is 0.308. The minimum atomic E-state index is 0.601. The molecule has 3 rings (SSSR count). The molecule has 0 radical (unpaired) electrons. The van der Waals surface area contributed by atoms with Gasteiger partial charge in [-0.3, -0.25) is 4.98 Å². The number of pyridine rings is 1. The van der Waals surface area contributed by atoms with Crippen molar-refractivity contribution in [2.24, 2.45) is 7.05 Å². The van der Waals surface area contributed by atoms with E-state index in [0.717, 1.165) is 11.9 Å². The molecule has 76 valence electrons. The molecule has 2 nitrogen and oxygen atoms in total. The molecule has 2 heterocycles. The Kier molecular flexibility index (Phi) is 1.72. The number of allylic oxidation sites excluding steroid dienone is 1. The maximum Gasteiger partial charge on any atom is 0.0956 e. The lowest BCUT2D eigenvalue weighted by atomic mass is 9.94. The van der Waals surface area contributed by atoms with Crippen molar-refractivity contribution in [3.8, 4) is 0 Å². The first-order valence-corrected chi connectivity index (χ1v) is 5.39. The summed E-state index contributed by atoms with van der Waals surface area (Å²) in [7, 11) is 2.14. The molecule has 0 bridgehead atoms. The van der Waals surface area contributed by atoms with E-state index in [1.807, 2.05) is 12.3 Å². The molecule has 2 heteroatoms. The largest absolute Gasteiger partial charge is 0.345 e. The standard InChI is InChI=1S/C13H14N2/c1-9-5-3-6-10-12-11(7-4-8-14-12)15(2)13(9)10/h3-4,6-9H,5H2,1-2H3. The molecule has 1 aliphatic rings. The highest BCUT2D eigenvalue weighted by atomic mass is 15.0. The van der Waals surface area contributed by atoms with Crippen LogP contribution >= 0.6 is 0 Å². The summed E-state index contributed by atoms with van der Waals surface area (Å²) >= 11 is 0. The van der Waals surface area contributed by atoms with Crippen LogP contribution < -0.4 is 0 Å². The van der Waals surface area contributed by atoms with Crippen molar-refractivity contribution in [2.45, 2.75) is 19.3 Å². The van der Waals surface area contributed by atoms with Gasteiger partial charge < -0.3 is 4.57 Å². The molecule has 0 fully saturated rings. The van der Waals surface area contributed by atoms with E-state index in [9.17, 15) is 0 Å². The van der Waals surface area contributed by atoms with Crippen LogP contribution in [-0.4, -0.2) is 9.55 Å². The van der Waals surface area contributed by atoms with Crippen molar-refractivity contribution in [3.63, 3.8) is 0 Å². The summed E-state index contributed by atoms with van der Waals surface area (Å²) in [5.41, 5.74) is 5.11. The Morgan fingerprint density at radius 3 is 3.20 bits per heavy atom. The highest BCUT2D eigenvalue weighted by Gasteiger charge is 2.20. The Labute approximate surface area is 89.2 Å². The summed E-state index contributed by atoms with van der Waals surface area (Å²) in [5, 5.41) is 0. The number of rotatable bonds is 0. The molecule has 0 N–H and O–H groups in total. The summed E-state index contributed by atoms with van der Waals surface area (Å²) in [6.45, 7) is 2.28. The van der Waals surface area contributed by atoms with Crippen LogP contribution in [-0.2, 0) is 7.05 Å². The maximum atomic E-state index is 4.48. The van der Waals surface area contributed by atoms with Crippen molar-refractivity contribution in [2.75, 3.05) is 0 Å². The molecule has 0 spiro atoms. The fourth-order valence-electron chi connectivity index (χ4n) is 2.57. The van der Waals surface area contributed by atoms with Crippen LogP contribution in [0.1, 0.15) is 30.5 Å². The van der Waals surface area contributed by atoms with Gasteiger partial charge in [-0.1, -0.05) is 19.1 Å². The molecule has 0 saturated heterocycles. The Morgan fingerprint density at radius 2 is 2.33 bits per heavy atom. The zero-order chi connectivity index (χ0) is 10.4. The molecule has 0 aliphatic heterocycles. The fourth-order valence-corrected chi connectivity index (χ4v) is 2.57. The quantitative estimate of drug-likeness (QED) is 0.636. The number of hydrogen-bond donors (Lipinski definition) is 0. The molecule has 1 unspecified atom stereocenters. The van der Waals surface area contributed by atoms with Crippen LogP contribution in [0.15, 0.2) is 24.4 Å². The number of hydrogen-bond acceptors (Lipinski definition) is 1. The van der Waals surface area contributed by atoms with Crippen LogP contribution in [0.3, 0.4) is 0 Å². The van der Waals surface area contributed by atoms with Gasteiger partial charge >= 0.3 is 0 Å². The van der Waals surface area contributed by atoms with Gasteiger partial charge in [0.15, 0.2) is 0 Å². The van der Waals surface area contributed by atoms with Crippen molar-refractivity contribution < 1.29 is 0 Å². The minimum Gasteiger partial charge on any atom is -0.345 e. The van der Waals surface area contributed by atoms with E-state index < -0.39 is 0 Å². The van der Waals surface area contributed by atoms with Crippen LogP contribution in [0.25, 0.3) is 17.1 Å². The molecule has 0 aromatic carbocycles. The SMILES string of the molecule is CC1CC=Cc2c1n(C)c1cccnc21. The second-order valence-corrected chi connectivity index (χ2v) is 4.27. The smallest absolute Gasteiger partial charge is 0.0956 e. The van der Waals surface area contributed by atoms with Gasteiger partial charge in [-0.05, 0) is 18.6 Å². The zero-order valence-corrected chi connectivity index (χ0v) is 9.07. The second-order valence-electron chi connectivity index (χ2n) is 4.27. The number of nitrogens with zero attached hydrogens (tertiary/aromatic N) is 2. The highest BCUT2D eigenvalue weighted by molar-refractivity contribution is 5.88. The molecule has 0 amide bonds. The predicted octanol–water partition coefficient (Wildman–Crippen LogP) is 3.09. The average molecular weight is 198 g/mol. The Morgan fingerprint density at radius 1 is 1.47 bits per heavy atom. The topological polar surface area (TPSA) is 17.8 Å². The lowest BCUT2D eigenvalue weighted by Gasteiger charge is -2.16. The molecular formula is C13H14N2. The van der Waals surface area contributed by atoms with Gasteiger partial charge in [0.25, 0.3) is 0 Å². The zero-order valence-electron chi connectivity index (χ0n) is 9.07. The van der Waals surface area contributed by atoms with E-state index >= 15 is 0 Å². The third-order valence-electron chi connectivity index (χ3n) is 3.28. The first kappa shape index (κ1) is 8.72. The van der Waals surface area contributed by atoms with Gasteiger partial charge in [0, 0.05) is 30.4 Å².